The van der Waals surface area contributed by atoms with Gasteiger partial charge in [0.25, 0.3) is 0 Å². The molecule has 1 aliphatic rings. The molecule has 3 rings (SSSR count). The molecule has 244 valence electrons. The van der Waals surface area contributed by atoms with E-state index in [4.69, 9.17) is 23.7 Å². The number of carbonyl (C=O) groups excluding carboxylic acids is 3. The fourth-order valence-corrected chi connectivity index (χ4v) is 4.21. The van der Waals surface area contributed by atoms with Crippen molar-refractivity contribution in [2.24, 2.45) is 0 Å². The van der Waals surface area contributed by atoms with Gasteiger partial charge in [0.05, 0.1) is 65.1 Å². The van der Waals surface area contributed by atoms with Crippen LogP contribution in [0.15, 0.2) is 48.5 Å². The average Bonchev–Trinajstić information content (AvgIpc) is 2.99. The van der Waals surface area contributed by atoms with Crippen molar-refractivity contribution in [3.8, 4) is 11.8 Å². The van der Waals surface area contributed by atoms with Gasteiger partial charge < -0.3 is 39.2 Å². The minimum absolute atomic E-state index is 0.0845. The standard InChI is InChI=1S/C34H45N3O8/c1-34(2,3)45-33(40)36-17-19-42-21-23-44-25-24-43-22-20-41-18-15-31(38)35-16-14-32(39)37-26-29-10-5-4-8-27(29)12-13-28-9-6-7-11-30(28)37/h4-11H,14-26H2,1-3H3,(H,35,38)(H,36,40). The molecule has 0 unspecified atom stereocenters. The predicted molar refractivity (Wildman–Crippen MR) is 170 cm³/mol. The van der Waals surface area contributed by atoms with Crippen LogP contribution in [0.3, 0.4) is 0 Å². The second-order valence-electron chi connectivity index (χ2n) is 11.1. The van der Waals surface area contributed by atoms with Gasteiger partial charge in [0.2, 0.25) is 11.8 Å². The molecule has 0 atom stereocenters. The maximum atomic E-state index is 13.2. The number of nitrogens with zero attached hydrogens (tertiary/aromatic N) is 1. The van der Waals surface area contributed by atoms with E-state index in [9.17, 15) is 14.4 Å². The van der Waals surface area contributed by atoms with Crippen LogP contribution in [0.2, 0.25) is 0 Å². The van der Waals surface area contributed by atoms with Crippen molar-refractivity contribution in [2.45, 2.75) is 45.8 Å². The Kier molecular flexibility index (Phi) is 15.3. The molecule has 11 nitrogen and oxygen atoms in total. The van der Waals surface area contributed by atoms with Gasteiger partial charge >= 0.3 is 6.09 Å². The average molecular weight is 624 g/mol. The van der Waals surface area contributed by atoms with E-state index in [1.165, 1.54) is 0 Å². The summed E-state index contributed by atoms with van der Waals surface area (Å²) in [6, 6.07) is 15.4. The van der Waals surface area contributed by atoms with Crippen LogP contribution >= 0.6 is 0 Å². The normalized spacial score (nSPS) is 12.1. The van der Waals surface area contributed by atoms with Gasteiger partial charge in [-0.1, -0.05) is 42.2 Å². The molecular formula is C34H45N3O8. The molecule has 0 spiro atoms. The van der Waals surface area contributed by atoms with E-state index in [0.717, 1.165) is 22.4 Å². The zero-order valence-corrected chi connectivity index (χ0v) is 26.5. The van der Waals surface area contributed by atoms with E-state index in [1.54, 1.807) is 25.7 Å². The summed E-state index contributed by atoms with van der Waals surface area (Å²) < 4.78 is 26.9. The molecule has 0 saturated carbocycles. The molecule has 2 aromatic rings. The maximum absolute atomic E-state index is 13.2. The number of benzene rings is 2. The molecular weight excluding hydrogens is 578 g/mol. The van der Waals surface area contributed by atoms with Crippen LogP contribution in [-0.2, 0) is 39.8 Å². The van der Waals surface area contributed by atoms with Crippen molar-refractivity contribution in [1.29, 1.82) is 0 Å². The van der Waals surface area contributed by atoms with Gasteiger partial charge in [-0.3, -0.25) is 9.59 Å². The molecule has 45 heavy (non-hydrogen) atoms. The van der Waals surface area contributed by atoms with Crippen molar-refractivity contribution in [2.75, 3.05) is 70.8 Å². The fourth-order valence-electron chi connectivity index (χ4n) is 4.21. The van der Waals surface area contributed by atoms with Gasteiger partial charge in [0.15, 0.2) is 0 Å². The number of fused-ring (bicyclic) bond motifs is 2. The molecule has 0 aliphatic carbocycles. The molecule has 0 saturated heterocycles. The number of nitrogens with one attached hydrogen (secondary N) is 2. The van der Waals surface area contributed by atoms with Crippen LogP contribution in [0.5, 0.6) is 0 Å². The van der Waals surface area contributed by atoms with Crippen LogP contribution in [-0.4, -0.2) is 89.5 Å². The van der Waals surface area contributed by atoms with Gasteiger partial charge in [-0.2, -0.15) is 0 Å². The Hall–Kier alpha value is -3.95. The Morgan fingerprint density at radius 1 is 0.711 bits per heavy atom. The van der Waals surface area contributed by atoms with Crippen LogP contribution in [0, 0.1) is 11.8 Å². The summed E-state index contributed by atoms with van der Waals surface area (Å²) in [5, 5.41) is 5.43. The number of anilines is 1. The number of para-hydroxylation sites is 1. The van der Waals surface area contributed by atoms with Crippen LogP contribution in [0.1, 0.15) is 50.3 Å². The molecule has 3 amide bonds. The van der Waals surface area contributed by atoms with E-state index in [0.29, 0.717) is 59.3 Å². The van der Waals surface area contributed by atoms with Gasteiger partial charge in [0.1, 0.15) is 5.60 Å². The van der Waals surface area contributed by atoms with Crippen LogP contribution in [0.25, 0.3) is 0 Å². The lowest BCUT2D eigenvalue weighted by Crippen LogP contribution is -2.35. The fraction of sp³-hybridized carbons (Fsp3) is 0.500. The van der Waals surface area contributed by atoms with E-state index >= 15 is 0 Å². The Morgan fingerprint density at radius 3 is 1.98 bits per heavy atom. The third-order valence-corrected chi connectivity index (χ3v) is 6.34. The summed E-state index contributed by atoms with van der Waals surface area (Å²) in [7, 11) is 0. The maximum Gasteiger partial charge on any atom is 0.407 e. The lowest BCUT2D eigenvalue weighted by atomic mass is 10.0. The minimum Gasteiger partial charge on any atom is -0.444 e. The first-order valence-electron chi connectivity index (χ1n) is 15.3. The monoisotopic (exact) mass is 623 g/mol. The number of alkyl carbamates (subject to hydrolysis) is 1. The van der Waals surface area contributed by atoms with Gasteiger partial charge in [-0.25, -0.2) is 4.79 Å². The highest BCUT2D eigenvalue weighted by atomic mass is 16.6. The Bertz CT molecular complexity index is 1300. The topological polar surface area (TPSA) is 125 Å². The molecule has 1 aliphatic heterocycles. The van der Waals surface area contributed by atoms with E-state index in [-0.39, 0.29) is 37.8 Å². The highest BCUT2D eigenvalue weighted by molar-refractivity contribution is 5.95. The first-order valence-corrected chi connectivity index (χ1v) is 15.3. The van der Waals surface area contributed by atoms with E-state index < -0.39 is 11.7 Å². The Morgan fingerprint density at radius 2 is 1.29 bits per heavy atom. The highest BCUT2D eigenvalue weighted by Crippen LogP contribution is 2.25. The van der Waals surface area contributed by atoms with Crippen molar-refractivity contribution >= 4 is 23.6 Å². The zero-order valence-electron chi connectivity index (χ0n) is 26.5. The third-order valence-electron chi connectivity index (χ3n) is 6.34. The molecule has 1 heterocycles. The highest BCUT2D eigenvalue weighted by Gasteiger charge is 2.21. The van der Waals surface area contributed by atoms with Crippen molar-refractivity contribution in [3.63, 3.8) is 0 Å². The summed E-state index contributed by atoms with van der Waals surface area (Å²) >= 11 is 0. The summed E-state index contributed by atoms with van der Waals surface area (Å²) in [5.74, 6) is 6.14. The Balaban J connectivity index is 1.17. The van der Waals surface area contributed by atoms with Crippen LogP contribution < -0.4 is 15.5 Å². The number of rotatable bonds is 18. The quantitative estimate of drug-likeness (QED) is 0.191. The second-order valence-corrected chi connectivity index (χ2v) is 11.1. The second kappa shape index (κ2) is 19.4. The third kappa shape index (κ3) is 14.1. The summed E-state index contributed by atoms with van der Waals surface area (Å²) in [6.45, 7) is 9.47. The summed E-state index contributed by atoms with van der Waals surface area (Å²) in [5.41, 5.74) is 2.93. The van der Waals surface area contributed by atoms with Gasteiger partial charge in [-0.05, 0) is 44.5 Å². The van der Waals surface area contributed by atoms with E-state index in [1.807, 2.05) is 48.5 Å². The molecule has 2 N–H and O–H groups in total. The first-order chi connectivity index (χ1) is 21.7. The number of carbonyl (C=O) groups is 3. The number of ether oxygens (including phenoxy) is 5. The van der Waals surface area contributed by atoms with Gasteiger partial charge in [-0.15, -0.1) is 0 Å². The van der Waals surface area contributed by atoms with Gasteiger partial charge in [0, 0.05) is 37.1 Å². The SMILES string of the molecule is CC(C)(C)OC(=O)NCCOCCOCCOCCOCCC(=O)NCCC(=O)N1Cc2ccccc2C#Cc2ccccc21. The molecule has 0 aromatic heterocycles. The lowest BCUT2D eigenvalue weighted by Gasteiger charge is -2.26. The molecule has 2 aromatic carbocycles. The van der Waals surface area contributed by atoms with E-state index in [2.05, 4.69) is 22.5 Å². The van der Waals surface area contributed by atoms with Crippen molar-refractivity contribution in [3.05, 3.63) is 65.2 Å². The van der Waals surface area contributed by atoms with Crippen LogP contribution in [0.4, 0.5) is 10.5 Å². The number of hydrogen-bond acceptors (Lipinski definition) is 8. The van der Waals surface area contributed by atoms with Crippen molar-refractivity contribution in [1.82, 2.24) is 10.6 Å². The molecule has 11 heteroatoms. The smallest absolute Gasteiger partial charge is 0.407 e. The molecule has 0 bridgehead atoms. The largest absolute Gasteiger partial charge is 0.444 e. The number of hydrogen-bond donors (Lipinski definition) is 2. The summed E-state index contributed by atoms with van der Waals surface area (Å²) in [6.07, 6.45) is -0.103. The predicted octanol–water partition coefficient (Wildman–Crippen LogP) is 3.42. The number of amides is 3. The lowest BCUT2D eigenvalue weighted by molar-refractivity contribution is -0.122. The summed E-state index contributed by atoms with van der Waals surface area (Å²) in [4.78, 5) is 38.7. The van der Waals surface area contributed by atoms with Crippen molar-refractivity contribution < 1.29 is 38.1 Å². The molecule has 0 radical (unpaired) electrons. The first kappa shape index (κ1) is 35.5. The zero-order chi connectivity index (χ0) is 32.3. The minimum atomic E-state index is -0.527. The Labute approximate surface area is 265 Å². The molecule has 0 fully saturated rings.